The molecule has 0 unspecified atom stereocenters. The molecule has 0 saturated carbocycles. The van der Waals surface area contributed by atoms with Crippen molar-refractivity contribution in [1.82, 2.24) is 0 Å². The lowest BCUT2D eigenvalue weighted by Gasteiger charge is -2.15. The fraction of sp³-hybridized carbons (Fsp3) is 0.333. The van der Waals surface area contributed by atoms with Crippen molar-refractivity contribution in [3.8, 4) is 0 Å². The molecule has 0 fully saturated rings. The number of carboxylic acids is 1. The smallest absolute Gasteiger partial charge is 0.323 e. The summed E-state index contributed by atoms with van der Waals surface area (Å²) in [6, 6.07) is 4.53. The van der Waals surface area contributed by atoms with Gasteiger partial charge < -0.3 is 20.7 Å². The first-order chi connectivity index (χ1) is 8.47. The van der Waals surface area contributed by atoms with Crippen LogP contribution in [-0.4, -0.2) is 41.7 Å². The Morgan fingerprint density at radius 3 is 2.33 bits per heavy atom. The normalized spacial score (nSPS) is 13.9. The molecule has 0 bridgehead atoms. The van der Waals surface area contributed by atoms with E-state index in [-0.39, 0.29) is 12.4 Å². The first kappa shape index (κ1) is 14.3. The van der Waals surface area contributed by atoms with Crippen molar-refractivity contribution in [1.29, 1.82) is 0 Å². The second kappa shape index (κ2) is 6.25. The lowest BCUT2D eigenvalue weighted by Crippen LogP contribution is -2.36. The second-order valence-electron chi connectivity index (χ2n) is 3.79. The number of aliphatic hydroxyl groups excluding tert-OH is 1. The largest absolute Gasteiger partial charge is 0.480 e. The van der Waals surface area contributed by atoms with E-state index >= 15 is 0 Å². The Hall–Kier alpha value is -1.76. The molecule has 98 valence electrons. The fourth-order valence-corrected chi connectivity index (χ4v) is 1.42. The topological polar surface area (TPSA) is 110 Å². The highest BCUT2D eigenvalue weighted by molar-refractivity contribution is 5.97. The molecule has 18 heavy (non-hydrogen) atoms. The maximum absolute atomic E-state index is 11.5. The Kier molecular flexibility index (Phi) is 4.96. The maximum atomic E-state index is 11.5. The molecule has 2 atom stereocenters. The molecule has 0 amide bonds. The van der Waals surface area contributed by atoms with Gasteiger partial charge in [0.05, 0.1) is 0 Å². The summed E-state index contributed by atoms with van der Waals surface area (Å²) in [6.07, 6.45) is -1.31. The lowest BCUT2D eigenvalue weighted by molar-refractivity contribution is -0.141. The quantitative estimate of drug-likeness (QED) is 0.614. The Balaban J connectivity index is 2.82. The van der Waals surface area contributed by atoms with Crippen LogP contribution in [-0.2, 0) is 9.53 Å². The number of Topliss-reactive ketones (excluding diaryl/α,β-unsaturated/α-hetero) is 1. The van der Waals surface area contributed by atoms with Gasteiger partial charge in [0.1, 0.15) is 18.8 Å². The molecule has 0 heterocycles. The van der Waals surface area contributed by atoms with Crippen molar-refractivity contribution in [3.05, 3.63) is 35.4 Å². The van der Waals surface area contributed by atoms with Crippen LogP contribution in [0.1, 0.15) is 22.0 Å². The van der Waals surface area contributed by atoms with Crippen LogP contribution in [0.4, 0.5) is 0 Å². The molecule has 6 nitrogen and oxygen atoms in total. The van der Waals surface area contributed by atoms with Gasteiger partial charge in [0.25, 0.3) is 0 Å². The average Bonchev–Trinajstić information content (AvgIpc) is 2.37. The molecular formula is C12H15NO5. The van der Waals surface area contributed by atoms with Gasteiger partial charge in [-0.3, -0.25) is 9.59 Å². The third kappa shape index (κ3) is 3.36. The summed E-state index contributed by atoms with van der Waals surface area (Å²) < 4.78 is 4.71. The zero-order chi connectivity index (χ0) is 13.7. The number of carbonyl (C=O) groups excluding carboxylic acids is 1. The van der Waals surface area contributed by atoms with E-state index in [1.54, 1.807) is 0 Å². The van der Waals surface area contributed by atoms with Gasteiger partial charge in [-0.25, -0.2) is 0 Å². The number of ketones is 1. The van der Waals surface area contributed by atoms with Crippen molar-refractivity contribution < 1.29 is 24.5 Å². The number of nitrogens with two attached hydrogens (primary N) is 1. The number of carbonyl (C=O) groups is 2. The standard InChI is InChI=1S/C12H15NO5/c1-18-6-9(14)7-2-4-8(5-3-7)11(15)10(13)12(16)17/h2-5,10-11,15H,6,13H2,1H3,(H,16,17)/t10-,11+/m0/s1. The summed E-state index contributed by atoms with van der Waals surface area (Å²) in [6.45, 7) is -0.0312. The summed E-state index contributed by atoms with van der Waals surface area (Å²) >= 11 is 0. The molecule has 0 aliphatic rings. The molecule has 0 saturated heterocycles. The van der Waals surface area contributed by atoms with Gasteiger partial charge in [0, 0.05) is 12.7 Å². The maximum Gasteiger partial charge on any atom is 0.323 e. The molecule has 0 aliphatic heterocycles. The molecule has 4 N–H and O–H groups in total. The molecule has 0 aromatic heterocycles. The van der Waals surface area contributed by atoms with Crippen LogP contribution in [0.15, 0.2) is 24.3 Å². The van der Waals surface area contributed by atoms with Crippen LogP contribution < -0.4 is 5.73 Å². The van der Waals surface area contributed by atoms with Crippen LogP contribution in [0.2, 0.25) is 0 Å². The first-order valence-corrected chi connectivity index (χ1v) is 5.26. The molecule has 0 aliphatic carbocycles. The van der Waals surface area contributed by atoms with Gasteiger partial charge in [-0.15, -0.1) is 0 Å². The average molecular weight is 253 g/mol. The SMILES string of the molecule is COCC(=O)c1ccc([C@@H](O)[C@H](N)C(=O)O)cc1. The van der Waals surface area contributed by atoms with Gasteiger partial charge >= 0.3 is 5.97 Å². The van der Waals surface area contributed by atoms with E-state index in [2.05, 4.69) is 0 Å². The molecule has 6 heteroatoms. The predicted molar refractivity (Wildman–Crippen MR) is 63.2 cm³/mol. The summed E-state index contributed by atoms with van der Waals surface area (Å²) in [5, 5.41) is 18.3. The number of benzene rings is 1. The van der Waals surface area contributed by atoms with E-state index in [4.69, 9.17) is 15.6 Å². The first-order valence-electron chi connectivity index (χ1n) is 5.26. The molecular weight excluding hydrogens is 238 g/mol. The van der Waals surface area contributed by atoms with Gasteiger partial charge in [-0.2, -0.15) is 0 Å². The predicted octanol–water partition coefficient (Wildman–Crippen LogP) is -0.0390. The number of ether oxygens (including phenoxy) is 1. The third-order valence-corrected chi connectivity index (χ3v) is 2.47. The van der Waals surface area contributed by atoms with Crippen molar-refractivity contribution in [3.63, 3.8) is 0 Å². The zero-order valence-electron chi connectivity index (χ0n) is 9.87. The number of rotatable bonds is 6. The monoisotopic (exact) mass is 253 g/mol. The molecule has 1 aromatic rings. The summed E-state index contributed by atoms with van der Waals surface area (Å²) in [7, 11) is 1.42. The Labute approximate surface area is 104 Å². The van der Waals surface area contributed by atoms with E-state index < -0.39 is 18.1 Å². The summed E-state index contributed by atoms with van der Waals surface area (Å²) in [5.74, 6) is -1.48. The zero-order valence-corrected chi connectivity index (χ0v) is 9.87. The number of aliphatic carboxylic acids is 1. The van der Waals surface area contributed by atoms with Gasteiger partial charge in [0.2, 0.25) is 0 Å². The highest BCUT2D eigenvalue weighted by Crippen LogP contribution is 2.17. The summed E-state index contributed by atoms with van der Waals surface area (Å²) in [5.41, 5.74) is 6.07. The van der Waals surface area contributed by atoms with Crippen LogP contribution in [0.25, 0.3) is 0 Å². The number of aliphatic hydroxyl groups is 1. The molecule has 1 aromatic carbocycles. The summed E-state index contributed by atoms with van der Waals surface area (Å²) in [4.78, 5) is 22.1. The van der Waals surface area contributed by atoms with Gasteiger partial charge in [0.15, 0.2) is 5.78 Å². The fourth-order valence-electron chi connectivity index (χ4n) is 1.42. The van der Waals surface area contributed by atoms with Crippen LogP contribution in [0.5, 0.6) is 0 Å². The van der Waals surface area contributed by atoms with Crippen LogP contribution in [0.3, 0.4) is 0 Å². The Morgan fingerprint density at radius 1 is 1.33 bits per heavy atom. The highest BCUT2D eigenvalue weighted by Gasteiger charge is 2.23. The van der Waals surface area contributed by atoms with Crippen molar-refractivity contribution in [2.24, 2.45) is 5.73 Å². The van der Waals surface area contributed by atoms with Crippen LogP contribution in [0, 0.1) is 0 Å². The third-order valence-electron chi connectivity index (χ3n) is 2.47. The number of carboxylic acid groups (broad SMARTS) is 1. The van der Waals surface area contributed by atoms with Crippen LogP contribution >= 0.6 is 0 Å². The van der Waals surface area contributed by atoms with E-state index in [0.29, 0.717) is 11.1 Å². The van der Waals surface area contributed by atoms with Gasteiger partial charge in [-0.1, -0.05) is 24.3 Å². The molecule has 1 rings (SSSR count). The number of methoxy groups -OCH3 is 1. The number of hydrogen-bond acceptors (Lipinski definition) is 5. The van der Waals surface area contributed by atoms with E-state index in [1.165, 1.54) is 31.4 Å². The van der Waals surface area contributed by atoms with Crippen molar-refractivity contribution in [2.45, 2.75) is 12.1 Å². The van der Waals surface area contributed by atoms with Gasteiger partial charge in [-0.05, 0) is 5.56 Å². The van der Waals surface area contributed by atoms with E-state index in [9.17, 15) is 14.7 Å². The second-order valence-corrected chi connectivity index (χ2v) is 3.79. The minimum atomic E-state index is -1.40. The highest BCUT2D eigenvalue weighted by atomic mass is 16.5. The Morgan fingerprint density at radius 2 is 1.89 bits per heavy atom. The Bertz CT molecular complexity index is 429. The van der Waals surface area contributed by atoms with E-state index in [0.717, 1.165) is 0 Å². The number of hydrogen-bond donors (Lipinski definition) is 3. The minimum Gasteiger partial charge on any atom is -0.480 e. The molecule has 0 spiro atoms. The molecule has 0 radical (unpaired) electrons. The lowest BCUT2D eigenvalue weighted by atomic mass is 10.0. The van der Waals surface area contributed by atoms with E-state index in [1.807, 2.05) is 0 Å². The van der Waals surface area contributed by atoms with Crippen molar-refractivity contribution in [2.75, 3.05) is 13.7 Å². The minimum absolute atomic E-state index is 0.0312. The van der Waals surface area contributed by atoms with Crippen molar-refractivity contribution >= 4 is 11.8 Å².